The lowest BCUT2D eigenvalue weighted by atomic mass is 9.96. The van der Waals surface area contributed by atoms with Crippen molar-refractivity contribution in [2.45, 2.75) is 45.6 Å². The number of pyridine rings is 1. The number of esters is 1. The van der Waals surface area contributed by atoms with Gasteiger partial charge in [0.1, 0.15) is 11.5 Å². The Labute approximate surface area is 177 Å². The second-order valence-electron chi connectivity index (χ2n) is 7.73. The summed E-state index contributed by atoms with van der Waals surface area (Å²) in [6.45, 7) is 11.2. The molecule has 0 saturated carbocycles. The summed E-state index contributed by atoms with van der Waals surface area (Å²) in [5.41, 5.74) is 8.78. The molecule has 7 heteroatoms. The number of nitrogen functional groups attached to an aromatic ring is 1. The van der Waals surface area contributed by atoms with Gasteiger partial charge in [0.15, 0.2) is 0 Å². The van der Waals surface area contributed by atoms with Gasteiger partial charge in [0.05, 0.1) is 12.3 Å². The summed E-state index contributed by atoms with van der Waals surface area (Å²) in [7, 11) is 0. The normalized spacial score (nSPS) is 12.0. The van der Waals surface area contributed by atoms with Crippen LogP contribution in [0.4, 0.5) is 16.2 Å². The molecule has 1 aromatic heterocycles. The van der Waals surface area contributed by atoms with Gasteiger partial charge in [-0.2, -0.15) is 0 Å². The van der Waals surface area contributed by atoms with Gasteiger partial charge in [-0.3, -0.25) is 15.1 Å². The molecule has 0 spiro atoms. The van der Waals surface area contributed by atoms with Gasteiger partial charge in [-0.1, -0.05) is 12.1 Å². The van der Waals surface area contributed by atoms with Gasteiger partial charge < -0.3 is 15.2 Å². The number of nitrogens with two attached hydrogens (primary N) is 1. The van der Waals surface area contributed by atoms with Crippen LogP contribution < -0.4 is 11.1 Å². The average molecular weight is 412 g/mol. The number of nitrogens with zero attached hydrogens (tertiary/aromatic N) is 1. The van der Waals surface area contributed by atoms with Gasteiger partial charge in [-0.15, -0.1) is 6.58 Å². The molecule has 0 aliphatic heterocycles. The highest BCUT2D eigenvalue weighted by molar-refractivity contribution is 5.88. The first-order chi connectivity index (χ1) is 14.1. The molecule has 0 fully saturated rings. The van der Waals surface area contributed by atoms with E-state index < -0.39 is 17.6 Å². The second-order valence-corrected chi connectivity index (χ2v) is 7.73. The third kappa shape index (κ3) is 6.34. The maximum atomic E-state index is 12.3. The molecule has 0 aliphatic carbocycles. The van der Waals surface area contributed by atoms with E-state index in [-0.39, 0.29) is 5.97 Å². The number of allylic oxidation sites excluding steroid dienone is 1. The molecule has 0 aliphatic rings. The fraction of sp³-hybridized carbons (Fsp3) is 0.348. The van der Waals surface area contributed by atoms with Crippen LogP contribution in [0.1, 0.15) is 45.7 Å². The van der Waals surface area contributed by atoms with Crippen molar-refractivity contribution in [3.8, 4) is 11.1 Å². The van der Waals surface area contributed by atoms with E-state index in [4.69, 9.17) is 15.2 Å². The smallest absolute Gasteiger partial charge is 0.412 e. The van der Waals surface area contributed by atoms with E-state index in [0.29, 0.717) is 30.1 Å². The zero-order valence-electron chi connectivity index (χ0n) is 17.9. The molecule has 7 nitrogen and oxygen atoms in total. The Bertz CT molecular complexity index is 919. The predicted octanol–water partition coefficient (Wildman–Crippen LogP) is 4.90. The second kappa shape index (κ2) is 9.91. The summed E-state index contributed by atoms with van der Waals surface area (Å²) in [4.78, 5) is 28.6. The molecule has 0 radical (unpaired) electrons. The summed E-state index contributed by atoms with van der Waals surface area (Å²) >= 11 is 0. The van der Waals surface area contributed by atoms with Crippen molar-refractivity contribution in [3.05, 3.63) is 54.9 Å². The monoisotopic (exact) mass is 411 g/mol. The summed E-state index contributed by atoms with van der Waals surface area (Å²) in [6.07, 6.45) is 3.17. The number of anilines is 2. The first-order valence-corrected chi connectivity index (χ1v) is 9.78. The van der Waals surface area contributed by atoms with Crippen molar-refractivity contribution >= 4 is 23.4 Å². The lowest BCUT2D eigenvalue weighted by Gasteiger charge is -2.20. The van der Waals surface area contributed by atoms with Crippen LogP contribution in [0.15, 0.2) is 49.2 Å². The molecular formula is C23H29N3O4. The van der Waals surface area contributed by atoms with Gasteiger partial charge in [0.2, 0.25) is 0 Å². The number of benzene rings is 1. The van der Waals surface area contributed by atoms with E-state index in [1.807, 2.05) is 12.1 Å². The third-order valence-corrected chi connectivity index (χ3v) is 4.12. The largest absolute Gasteiger partial charge is 0.465 e. The summed E-state index contributed by atoms with van der Waals surface area (Å²) in [5.74, 6) is -0.872. The maximum absolute atomic E-state index is 12.3. The topological polar surface area (TPSA) is 104 Å². The summed E-state index contributed by atoms with van der Waals surface area (Å²) in [5, 5.41) is 2.67. The number of amides is 1. The number of hydrogen-bond acceptors (Lipinski definition) is 6. The van der Waals surface area contributed by atoms with Crippen LogP contribution in [0.5, 0.6) is 0 Å². The Morgan fingerprint density at radius 3 is 2.60 bits per heavy atom. The molecule has 2 aromatic rings. The number of carbonyl (C=O) groups excluding carboxylic acids is 2. The molecular weight excluding hydrogens is 382 g/mol. The van der Waals surface area contributed by atoms with Crippen LogP contribution in [0.2, 0.25) is 0 Å². The molecule has 1 unspecified atom stereocenters. The molecule has 1 amide bonds. The summed E-state index contributed by atoms with van der Waals surface area (Å²) in [6, 6.07) is 8.83. The van der Waals surface area contributed by atoms with Gasteiger partial charge in [-0.25, -0.2) is 4.79 Å². The molecule has 3 N–H and O–H groups in total. The van der Waals surface area contributed by atoms with Crippen LogP contribution in [0, 0.1) is 0 Å². The van der Waals surface area contributed by atoms with Gasteiger partial charge in [0.25, 0.3) is 0 Å². The Kier molecular flexibility index (Phi) is 7.58. The first-order valence-electron chi connectivity index (χ1n) is 9.78. The fourth-order valence-corrected chi connectivity index (χ4v) is 2.88. The Hall–Kier alpha value is -3.35. The minimum absolute atomic E-state index is 0.297. The van der Waals surface area contributed by atoms with Crippen molar-refractivity contribution in [1.82, 2.24) is 4.98 Å². The number of ether oxygens (including phenoxy) is 2. The van der Waals surface area contributed by atoms with E-state index in [0.717, 1.165) is 11.1 Å². The van der Waals surface area contributed by atoms with E-state index in [1.54, 1.807) is 58.2 Å². The van der Waals surface area contributed by atoms with Gasteiger partial charge >= 0.3 is 12.1 Å². The molecule has 0 bridgehead atoms. The minimum Gasteiger partial charge on any atom is -0.465 e. The highest BCUT2D eigenvalue weighted by Gasteiger charge is 2.23. The quantitative estimate of drug-likeness (QED) is 0.381. The van der Waals surface area contributed by atoms with E-state index in [9.17, 15) is 9.59 Å². The number of aromatic nitrogens is 1. The van der Waals surface area contributed by atoms with Crippen molar-refractivity contribution in [1.29, 1.82) is 0 Å². The van der Waals surface area contributed by atoms with Crippen LogP contribution in [0.3, 0.4) is 0 Å². The Balaban J connectivity index is 2.27. The lowest BCUT2D eigenvalue weighted by molar-refractivity contribution is -0.145. The van der Waals surface area contributed by atoms with Crippen LogP contribution >= 0.6 is 0 Å². The van der Waals surface area contributed by atoms with Crippen molar-refractivity contribution in [3.63, 3.8) is 0 Å². The third-order valence-electron chi connectivity index (χ3n) is 4.12. The SMILES string of the molecule is C=CCC(C(=O)OCC)c1cc(-c2ccc(NC(=O)OC(C)(C)C)cc2N)ccn1. The van der Waals surface area contributed by atoms with Crippen molar-refractivity contribution in [2.75, 3.05) is 17.7 Å². The number of hydrogen-bond donors (Lipinski definition) is 2. The molecule has 30 heavy (non-hydrogen) atoms. The molecule has 1 aromatic carbocycles. The maximum Gasteiger partial charge on any atom is 0.412 e. The average Bonchev–Trinajstić information content (AvgIpc) is 2.65. The van der Waals surface area contributed by atoms with Crippen LogP contribution in [0.25, 0.3) is 11.1 Å². The predicted molar refractivity (Wildman–Crippen MR) is 118 cm³/mol. The van der Waals surface area contributed by atoms with E-state index >= 15 is 0 Å². The van der Waals surface area contributed by atoms with Crippen LogP contribution in [-0.4, -0.2) is 29.3 Å². The van der Waals surface area contributed by atoms with Crippen molar-refractivity contribution < 1.29 is 19.1 Å². The van der Waals surface area contributed by atoms with E-state index in [1.165, 1.54) is 0 Å². The minimum atomic E-state index is -0.593. The highest BCUT2D eigenvalue weighted by atomic mass is 16.6. The fourth-order valence-electron chi connectivity index (χ4n) is 2.88. The summed E-state index contributed by atoms with van der Waals surface area (Å²) < 4.78 is 10.4. The van der Waals surface area contributed by atoms with Crippen LogP contribution in [-0.2, 0) is 14.3 Å². The van der Waals surface area contributed by atoms with Gasteiger partial charge in [0, 0.05) is 23.1 Å². The molecule has 1 atom stereocenters. The Morgan fingerprint density at radius 1 is 1.27 bits per heavy atom. The Morgan fingerprint density at radius 2 is 2.00 bits per heavy atom. The van der Waals surface area contributed by atoms with Crippen molar-refractivity contribution in [2.24, 2.45) is 0 Å². The zero-order valence-corrected chi connectivity index (χ0v) is 17.9. The lowest BCUT2D eigenvalue weighted by Crippen LogP contribution is -2.27. The highest BCUT2D eigenvalue weighted by Crippen LogP contribution is 2.31. The number of rotatable bonds is 7. The molecule has 160 valence electrons. The number of carbonyl (C=O) groups is 2. The molecule has 2 rings (SSSR count). The standard InChI is InChI=1S/C23H29N3O4/c1-6-8-18(21(27)29-7-2)20-13-15(11-12-25-20)17-10-9-16(14-19(17)24)26-22(28)30-23(3,4)5/h6,9-14,18H,1,7-8,24H2,2-5H3,(H,26,28). The van der Waals surface area contributed by atoms with Gasteiger partial charge in [-0.05, 0) is 63.9 Å². The molecule has 1 heterocycles. The molecule has 0 saturated heterocycles. The number of nitrogens with one attached hydrogen (secondary N) is 1. The zero-order chi connectivity index (χ0) is 22.3. The van der Waals surface area contributed by atoms with E-state index in [2.05, 4.69) is 16.9 Å². The first kappa shape index (κ1) is 22.9.